The van der Waals surface area contributed by atoms with E-state index >= 15 is 0 Å². The largest absolute Gasteiger partial charge is 0.507 e. The van der Waals surface area contributed by atoms with Gasteiger partial charge in [0.2, 0.25) is 0 Å². The molecule has 1 aliphatic heterocycles. The summed E-state index contributed by atoms with van der Waals surface area (Å²) in [7, 11) is 0. The van der Waals surface area contributed by atoms with Crippen LogP contribution in [0.4, 0.5) is 0 Å². The number of Topliss-reactive ketones (excluding diaryl/α,β-unsaturated/α-hetero) is 1. The highest BCUT2D eigenvalue weighted by molar-refractivity contribution is 6.46. The van der Waals surface area contributed by atoms with Crippen LogP contribution >= 0.6 is 0 Å². The van der Waals surface area contributed by atoms with E-state index in [1.54, 1.807) is 42.7 Å². The first kappa shape index (κ1) is 23.2. The van der Waals surface area contributed by atoms with E-state index < -0.39 is 17.7 Å². The minimum atomic E-state index is -0.715. The molecule has 1 atom stereocenters. The maximum atomic E-state index is 13.2. The van der Waals surface area contributed by atoms with Crippen LogP contribution in [-0.2, 0) is 16.1 Å². The first-order valence-corrected chi connectivity index (χ1v) is 11.4. The second kappa shape index (κ2) is 9.91. The van der Waals surface area contributed by atoms with E-state index in [1.807, 2.05) is 37.3 Å². The van der Waals surface area contributed by atoms with Crippen LogP contribution in [0.5, 0.6) is 5.75 Å². The average Bonchev–Trinajstić information content (AvgIpc) is 3.10. The van der Waals surface area contributed by atoms with Crippen molar-refractivity contribution in [2.75, 3.05) is 6.61 Å². The second-order valence-electron chi connectivity index (χ2n) is 8.57. The Hall–Kier alpha value is -3.93. The minimum Gasteiger partial charge on any atom is -0.507 e. The highest BCUT2D eigenvalue weighted by Crippen LogP contribution is 2.40. The molecular formula is C28H28N2O4. The summed E-state index contributed by atoms with van der Waals surface area (Å²) in [6.07, 6.45) is 3.33. The topological polar surface area (TPSA) is 79.7 Å². The van der Waals surface area contributed by atoms with Crippen LogP contribution in [-0.4, -0.2) is 33.3 Å². The summed E-state index contributed by atoms with van der Waals surface area (Å²) in [6.45, 7) is 6.83. The van der Waals surface area contributed by atoms with Crippen molar-refractivity contribution in [2.45, 2.75) is 39.3 Å². The Labute approximate surface area is 199 Å². The molecule has 1 N–H and O–H groups in total. The van der Waals surface area contributed by atoms with Gasteiger partial charge in [-0.25, -0.2) is 0 Å². The van der Waals surface area contributed by atoms with Gasteiger partial charge in [-0.2, -0.15) is 0 Å². The molecule has 3 aromatic rings. The Kier molecular flexibility index (Phi) is 6.77. The number of rotatable bonds is 7. The number of nitrogens with zero attached hydrogens (tertiary/aromatic N) is 2. The van der Waals surface area contributed by atoms with Gasteiger partial charge < -0.3 is 14.7 Å². The molecule has 0 bridgehead atoms. The first-order valence-electron chi connectivity index (χ1n) is 11.4. The second-order valence-corrected chi connectivity index (χ2v) is 8.57. The Morgan fingerprint density at radius 2 is 1.76 bits per heavy atom. The van der Waals surface area contributed by atoms with Gasteiger partial charge in [-0.05, 0) is 59.9 Å². The number of pyridine rings is 1. The quantitative estimate of drug-likeness (QED) is 0.299. The maximum Gasteiger partial charge on any atom is 0.295 e. The molecule has 0 radical (unpaired) electrons. The number of ether oxygens (including phenoxy) is 1. The van der Waals surface area contributed by atoms with Gasteiger partial charge in [-0.3, -0.25) is 14.6 Å². The van der Waals surface area contributed by atoms with E-state index in [1.165, 1.54) is 4.90 Å². The molecule has 1 fully saturated rings. The van der Waals surface area contributed by atoms with Crippen molar-refractivity contribution in [3.63, 3.8) is 0 Å². The fourth-order valence-electron chi connectivity index (χ4n) is 4.17. The third-order valence-corrected chi connectivity index (χ3v) is 5.97. The van der Waals surface area contributed by atoms with E-state index in [4.69, 9.17) is 4.74 Å². The molecule has 2 aromatic carbocycles. The summed E-state index contributed by atoms with van der Waals surface area (Å²) in [5.41, 5.74) is 3.25. The fraction of sp³-hybridized carbons (Fsp3) is 0.250. The summed E-state index contributed by atoms with van der Waals surface area (Å²) >= 11 is 0. The number of ketones is 1. The molecule has 1 amide bonds. The predicted molar refractivity (Wildman–Crippen MR) is 130 cm³/mol. The maximum absolute atomic E-state index is 13.2. The molecule has 6 nitrogen and oxygen atoms in total. The van der Waals surface area contributed by atoms with Gasteiger partial charge in [0, 0.05) is 24.5 Å². The van der Waals surface area contributed by atoms with Crippen LogP contribution in [0, 0.1) is 0 Å². The molecule has 6 heteroatoms. The number of hydrogen-bond acceptors (Lipinski definition) is 5. The molecule has 174 valence electrons. The van der Waals surface area contributed by atoms with Gasteiger partial charge in [0.25, 0.3) is 11.7 Å². The molecule has 34 heavy (non-hydrogen) atoms. The van der Waals surface area contributed by atoms with Crippen molar-refractivity contribution in [1.82, 2.24) is 9.88 Å². The van der Waals surface area contributed by atoms with Gasteiger partial charge in [0.1, 0.15) is 11.5 Å². The molecule has 1 aromatic heterocycles. The SMILES string of the molecule is CCOc1ccc(/C(O)=C2\C(=O)C(=O)N(Cc3cccnc3)[C@@H]2c2ccc(C(C)C)cc2)cc1. The van der Waals surface area contributed by atoms with Gasteiger partial charge in [-0.15, -0.1) is 0 Å². The fourth-order valence-corrected chi connectivity index (χ4v) is 4.17. The summed E-state index contributed by atoms with van der Waals surface area (Å²) < 4.78 is 5.48. The Morgan fingerprint density at radius 1 is 1.06 bits per heavy atom. The third-order valence-electron chi connectivity index (χ3n) is 5.97. The number of benzene rings is 2. The minimum absolute atomic E-state index is 0.0790. The van der Waals surface area contributed by atoms with Crippen molar-refractivity contribution < 1.29 is 19.4 Å². The molecule has 0 aliphatic carbocycles. The summed E-state index contributed by atoms with van der Waals surface area (Å²) in [4.78, 5) is 32.0. The normalized spacial score (nSPS) is 17.4. The summed E-state index contributed by atoms with van der Waals surface area (Å²) in [6, 6.07) is 17.6. The number of aliphatic hydroxyl groups excluding tert-OH is 1. The first-order chi connectivity index (χ1) is 16.4. The molecule has 0 saturated carbocycles. The summed E-state index contributed by atoms with van der Waals surface area (Å²) in [5.74, 6) is -0.535. The van der Waals surface area contributed by atoms with Crippen molar-refractivity contribution in [3.05, 3.63) is 101 Å². The van der Waals surface area contributed by atoms with Crippen molar-refractivity contribution in [2.24, 2.45) is 0 Å². The third kappa shape index (κ3) is 4.57. The van der Waals surface area contributed by atoms with Crippen LogP contribution in [0.2, 0.25) is 0 Å². The number of aliphatic hydroxyl groups is 1. The number of amides is 1. The molecule has 1 saturated heterocycles. The average molecular weight is 457 g/mol. The Balaban J connectivity index is 1.81. The van der Waals surface area contributed by atoms with E-state index in [0.717, 1.165) is 16.7 Å². The van der Waals surface area contributed by atoms with Crippen LogP contribution < -0.4 is 4.74 Å². The van der Waals surface area contributed by atoms with E-state index in [0.29, 0.717) is 23.8 Å². The monoisotopic (exact) mass is 456 g/mol. The van der Waals surface area contributed by atoms with Crippen LogP contribution in [0.25, 0.3) is 5.76 Å². The highest BCUT2D eigenvalue weighted by Gasteiger charge is 2.46. The number of hydrogen-bond donors (Lipinski definition) is 1. The van der Waals surface area contributed by atoms with Gasteiger partial charge in [0.15, 0.2) is 0 Å². The molecular weight excluding hydrogens is 428 g/mol. The lowest BCUT2D eigenvalue weighted by Gasteiger charge is -2.25. The molecule has 1 aliphatic rings. The summed E-state index contributed by atoms with van der Waals surface area (Å²) in [5, 5.41) is 11.2. The van der Waals surface area contributed by atoms with Crippen LogP contribution in [0.3, 0.4) is 0 Å². The zero-order valence-corrected chi connectivity index (χ0v) is 19.6. The van der Waals surface area contributed by atoms with E-state index in [2.05, 4.69) is 18.8 Å². The number of carbonyl (C=O) groups excluding carboxylic acids is 2. The van der Waals surface area contributed by atoms with Gasteiger partial charge in [0.05, 0.1) is 18.2 Å². The van der Waals surface area contributed by atoms with Gasteiger partial charge >= 0.3 is 0 Å². The molecule has 2 heterocycles. The standard InChI is InChI=1S/C28H28N2O4/c1-4-34-23-13-11-22(12-14-23)26(31)24-25(21-9-7-20(8-10-21)18(2)3)30(28(33)27(24)32)17-19-6-5-15-29-16-19/h5-16,18,25,31H,4,17H2,1-3H3/b26-24+/t25-/m1/s1. The van der Waals surface area contributed by atoms with E-state index in [-0.39, 0.29) is 17.9 Å². The highest BCUT2D eigenvalue weighted by atomic mass is 16.5. The lowest BCUT2D eigenvalue weighted by Crippen LogP contribution is -2.29. The lowest BCUT2D eigenvalue weighted by atomic mass is 9.93. The Morgan fingerprint density at radius 3 is 2.35 bits per heavy atom. The lowest BCUT2D eigenvalue weighted by molar-refractivity contribution is -0.140. The van der Waals surface area contributed by atoms with Crippen molar-refractivity contribution in [1.29, 1.82) is 0 Å². The Bertz CT molecular complexity index is 1200. The molecule has 0 unspecified atom stereocenters. The predicted octanol–water partition coefficient (Wildman–Crippen LogP) is 5.23. The number of likely N-dealkylation sites (tertiary alicyclic amines) is 1. The van der Waals surface area contributed by atoms with Crippen LogP contribution in [0.1, 0.15) is 55.0 Å². The number of aromatic nitrogens is 1. The zero-order chi connectivity index (χ0) is 24.2. The molecule has 0 spiro atoms. The molecule has 4 rings (SSSR count). The van der Waals surface area contributed by atoms with Gasteiger partial charge in [-0.1, -0.05) is 44.2 Å². The smallest absolute Gasteiger partial charge is 0.295 e. The van der Waals surface area contributed by atoms with Crippen molar-refractivity contribution in [3.8, 4) is 5.75 Å². The zero-order valence-electron chi connectivity index (χ0n) is 19.6. The van der Waals surface area contributed by atoms with E-state index in [9.17, 15) is 14.7 Å². The van der Waals surface area contributed by atoms with Crippen LogP contribution in [0.15, 0.2) is 78.6 Å². The van der Waals surface area contributed by atoms with Crippen molar-refractivity contribution >= 4 is 17.4 Å². The number of carbonyl (C=O) groups is 2.